The molecule has 2 nitrogen and oxygen atoms in total. The molecule has 0 radical (unpaired) electrons. The third-order valence-corrected chi connectivity index (χ3v) is 3.67. The lowest BCUT2D eigenvalue weighted by molar-refractivity contribution is 0.0546. The van der Waals surface area contributed by atoms with E-state index in [4.69, 9.17) is 4.74 Å². The van der Waals surface area contributed by atoms with Crippen molar-refractivity contribution < 1.29 is 9.13 Å². The van der Waals surface area contributed by atoms with Crippen LogP contribution in [-0.2, 0) is 4.74 Å². The van der Waals surface area contributed by atoms with Crippen molar-refractivity contribution in [3.8, 4) is 0 Å². The summed E-state index contributed by atoms with van der Waals surface area (Å²) in [5.74, 6) is -0.133. The molecular weight excluding hydrogens is 229 g/mol. The van der Waals surface area contributed by atoms with Crippen LogP contribution in [0.2, 0.25) is 0 Å². The second-order valence-corrected chi connectivity index (χ2v) is 5.28. The van der Waals surface area contributed by atoms with Gasteiger partial charge >= 0.3 is 0 Å². The zero-order valence-electron chi connectivity index (χ0n) is 11.4. The van der Waals surface area contributed by atoms with E-state index < -0.39 is 0 Å². The van der Waals surface area contributed by atoms with Crippen molar-refractivity contribution >= 4 is 0 Å². The Kier molecular flexibility index (Phi) is 4.36. The Bertz CT molecular complexity index is 407. The SMILES string of the molecule is Cc1ccc(C(C)NCC2CCC(C)O2)cc1F. The van der Waals surface area contributed by atoms with Gasteiger partial charge in [0.1, 0.15) is 5.82 Å². The van der Waals surface area contributed by atoms with Crippen LogP contribution in [0, 0.1) is 12.7 Å². The summed E-state index contributed by atoms with van der Waals surface area (Å²) < 4.78 is 19.2. The van der Waals surface area contributed by atoms with E-state index in [-0.39, 0.29) is 11.9 Å². The summed E-state index contributed by atoms with van der Waals surface area (Å²) in [6.45, 7) is 6.78. The quantitative estimate of drug-likeness (QED) is 0.886. The van der Waals surface area contributed by atoms with Gasteiger partial charge in [0, 0.05) is 12.6 Å². The zero-order valence-corrected chi connectivity index (χ0v) is 11.4. The van der Waals surface area contributed by atoms with Crippen LogP contribution in [0.25, 0.3) is 0 Å². The Morgan fingerprint density at radius 3 is 2.83 bits per heavy atom. The van der Waals surface area contributed by atoms with Gasteiger partial charge < -0.3 is 10.1 Å². The molecule has 1 aromatic rings. The van der Waals surface area contributed by atoms with Gasteiger partial charge in [-0.25, -0.2) is 4.39 Å². The number of aryl methyl sites for hydroxylation is 1. The summed E-state index contributed by atoms with van der Waals surface area (Å²) >= 11 is 0. The molecule has 1 heterocycles. The van der Waals surface area contributed by atoms with Crippen LogP contribution < -0.4 is 5.32 Å². The van der Waals surface area contributed by atoms with Crippen molar-refractivity contribution in [1.29, 1.82) is 0 Å². The number of hydrogen-bond acceptors (Lipinski definition) is 2. The van der Waals surface area contributed by atoms with Gasteiger partial charge in [-0.2, -0.15) is 0 Å². The van der Waals surface area contributed by atoms with E-state index in [0.29, 0.717) is 17.8 Å². The molecule has 0 aliphatic carbocycles. The predicted octanol–water partition coefficient (Wildman–Crippen LogP) is 3.35. The maximum atomic E-state index is 13.5. The predicted molar refractivity (Wildman–Crippen MR) is 71.1 cm³/mol. The number of ether oxygens (including phenoxy) is 1. The van der Waals surface area contributed by atoms with E-state index in [9.17, 15) is 4.39 Å². The van der Waals surface area contributed by atoms with Gasteiger partial charge in [-0.1, -0.05) is 12.1 Å². The van der Waals surface area contributed by atoms with Crippen molar-refractivity contribution in [2.24, 2.45) is 0 Å². The molecule has 1 aliphatic rings. The van der Waals surface area contributed by atoms with Crippen LogP contribution in [0.15, 0.2) is 18.2 Å². The lowest BCUT2D eigenvalue weighted by atomic mass is 10.1. The maximum absolute atomic E-state index is 13.5. The highest BCUT2D eigenvalue weighted by molar-refractivity contribution is 5.25. The Balaban J connectivity index is 1.87. The second-order valence-electron chi connectivity index (χ2n) is 5.28. The molecule has 2 rings (SSSR count). The molecule has 1 saturated heterocycles. The highest BCUT2D eigenvalue weighted by Gasteiger charge is 2.22. The van der Waals surface area contributed by atoms with E-state index in [1.54, 1.807) is 13.0 Å². The molecule has 0 aromatic heterocycles. The minimum absolute atomic E-state index is 0.133. The van der Waals surface area contributed by atoms with Crippen molar-refractivity contribution in [2.75, 3.05) is 6.54 Å². The summed E-state index contributed by atoms with van der Waals surface area (Å²) in [5, 5.41) is 3.42. The fourth-order valence-electron chi connectivity index (χ4n) is 2.34. The third kappa shape index (κ3) is 3.30. The molecule has 18 heavy (non-hydrogen) atoms. The lowest BCUT2D eigenvalue weighted by Gasteiger charge is -2.18. The topological polar surface area (TPSA) is 21.3 Å². The first kappa shape index (κ1) is 13.5. The van der Waals surface area contributed by atoms with Gasteiger partial charge in [-0.05, 0) is 50.8 Å². The van der Waals surface area contributed by atoms with E-state index >= 15 is 0 Å². The van der Waals surface area contributed by atoms with Crippen molar-refractivity contribution in [1.82, 2.24) is 5.32 Å². The average Bonchev–Trinajstić information content (AvgIpc) is 2.75. The standard InChI is InChI=1S/C15H22FNO/c1-10-4-6-13(8-15(10)16)12(3)17-9-14-7-5-11(2)18-14/h4,6,8,11-12,14,17H,5,7,9H2,1-3H3. The average molecular weight is 251 g/mol. The Hall–Kier alpha value is -0.930. The van der Waals surface area contributed by atoms with Gasteiger partial charge in [-0.15, -0.1) is 0 Å². The molecule has 0 saturated carbocycles. The summed E-state index contributed by atoms with van der Waals surface area (Å²) in [6.07, 6.45) is 2.94. The van der Waals surface area contributed by atoms with E-state index in [2.05, 4.69) is 19.2 Å². The van der Waals surface area contributed by atoms with Crippen LogP contribution in [0.5, 0.6) is 0 Å². The molecule has 100 valence electrons. The normalized spacial score (nSPS) is 25.3. The van der Waals surface area contributed by atoms with Gasteiger partial charge in [0.15, 0.2) is 0 Å². The molecule has 0 amide bonds. The minimum Gasteiger partial charge on any atom is -0.374 e. The van der Waals surface area contributed by atoms with Gasteiger partial charge in [0.05, 0.1) is 12.2 Å². The number of hydrogen-bond donors (Lipinski definition) is 1. The Morgan fingerprint density at radius 2 is 2.22 bits per heavy atom. The Morgan fingerprint density at radius 1 is 1.44 bits per heavy atom. The fourth-order valence-corrected chi connectivity index (χ4v) is 2.34. The minimum atomic E-state index is -0.133. The molecule has 3 heteroatoms. The monoisotopic (exact) mass is 251 g/mol. The smallest absolute Gasteiger partial charge is 0.126 e. The van der Waals surface area contributed by atoms with Crippen LogP contribution >= 0.6 is 0 Å². The largest absolute Gasteiger partial charge is 0.374 e. The molecule has 0 spiro atoms. The highest BCUT2D eigenvalue weighted by Crippen LogP contribution is 2.20. The van der Waals surface area contributed by atoms with Crippen LogP contribution in [-0.4, -0.2) is 18.8 Å². The number of nitrogens with one attached hydrogen (secondary N) is 1. The van der Waals surface area contributed by atoms with Crippen LogP contribution in [0.4, 0.5) is 4.39 Å². The number of rotatable bonds is 4. The summed E-state index contributed by atoms with van der Waals surface area (Å²) in [6, 6.07) is 5.58. The van der Waals surface area contributed by atoms with Crippen molar-refractivity contribution in [3.63, 3.8) is 0 Å². The second kappa shape index (κ2) is 5.81. The van der Waals surface area contributed by atoms with Gasteiger partial charge in [0.2, 0.25) is 0 Å². The molecule has 0 bridgehead atoms. The van der Waals surface area contributed by atoms with Gasteiger partial charge in [0.25, 0.3) is 0 Å². The molecule has 1 N–H and O–H groups in total. The van der Waals surface area contributed by atoms with E-state index in [1.165, 1.54) is 0 Å². The first-order valence-electron chi connectivity index (χ1n) is 6.71. The van der Waals surface area contributed by atoms with Crippen LogP contribution in [0.3, 0.4) is 0 Å². The molecule has 1 fully saturated rings. The zero-order chi connectivity index (χ0) is 13.1. The first-order chi connectivity index (χ1) is 8.56. The van der Waals surface area contributed by atoms with Crippen LogP contribution in [0.1, 0.15) is 43.9 Å². The van der Waals surface area contributed by atoms with Crippen molar-refractivity contribution in [2.45, 2.75) is 51.9 Å². The lowest BCUT2D eigenvalue weighted by Crippen LogP contribution is -2.29. The number of benzene rings is 1. The van der Waals surface area contributed by atoms with Gasteiger partial charge in [-0.3, -0.25) is 0 Å². The van der Waals surface area contributed by atoms with Crippen molar-refractivity contribution in [3.05, 3.63) is 35.1 Å². The molecule has 3 atom stereocenters. The third-order valence-electron chi connectivity index (χ3n) is 3.67. The maximum Gasteiger partial charge on any atom is 0.126 e. The summed E-state index contributed by atoms with van der Waals surface area (Å²) in [5.41, 5.74) is 1.68. The molecule has 1 aromatic carbocycles. The first-order valence-corrected chi connectivity index (χ1v) is 6.71. The number of halogens is 1. The highest BCUT2D eigenvalue weighted by atomic mass is 19.1. The van der Waals surface area contributed by atoms with E-state index in [0.717, 1.165) is 24.9 Å². The fraction of sp³-hybridized carbons (Fsp3) is 0.600. The Labute approximate surface area is 109 Å². The molecule has 3 unspecified atom stereocenters. The molecular formula is C15H22FNO. The molecule has 1 aliphatic heterocycles. The van der Waals surface area contributed by atoms with E-state index in [1.807, 2.05) is 12.1 Å². The summed E-state index contributed by atoms with van der Waals surface area (Å²) in [4.78, 5) is 0. The summed E-state index contributed by atoms with van der Waals surface area (Å²) in [7, 11) is 0.